The minimum atomic E-state index is 0.729. The summed E-state index contributed by atoms with van der Waals surface area (Å²) < 4.78 is 0. The highest BCUT2D eigenvalue weighted by atomic mass is 15.1. The summed E-state index contributed by atoms with van der Waals surface area (Å²) in [6, 6.07) is 0.729. The number of hydrogen-bond donors (Lipinski definition) is 1. The average molecular weight is 240 g/mol. The minimum absolute atomic E-state index is 0.729. The lowest BCUT2D eigenvalue weighted by molar-refractivity contribution is 0.205. The molecule has 1 saturated carbocycles. The van der Waals surface area contributed by atoms with Crippen molar-refractivity contribution in [3.8, 4) is 0 Å². The average Bonchev–Trinajstić information content (AvgIpc) is 2.36. The maximum Gasteiger partial charge on any atom is 0.0223 e. The van der Waals surface area contributed by atoms with Gasteiger partial charge in [0, 0.05) is 12.6 Å². The van der Waals surface area contributed by atoms with E-state index in [1.54, 1.807) is 0 Å². The van der Waals surface area contributed by atoms with Gasteiger partial charge in [0.15, 0.2) is 0 Å². The highest BCUT2D eigenvalue weighted by Gasteiger charge is 2.23. The van der Waals surface area contributed by atoms with Crippen LogP contribution in [0.2, 0.25) is 0 Å². The van der Waals surface area contributed by atoms with Gasteiger partial charge < -0.3 is 10.2 Å². The van der Waals surface area contributed by atoms with Gasteiger partial charge in [0.05, 0.1) is 0 Å². The molecule has 0 bridgehead atoms. The third-order valence-corrected chi connectivity index (χ3v) is 3.99. The molecule has 0 amide bonds. The molecular formula is C15H32N2. The normalized spacial score (nSPS) is 19.8. The topological polar surface area (TPSA) is 15.3 Å². The molecule has 1 aliphatic carbocycles. The molecule has 1 N–H and O–H groups in total. The first-order valence-corrected chi connectivity index (χ1v) is 7.69. The predicted molar refractivity (Wildman–Crippen MR) is 76.4 cm³/mol. The van der Waals surface area contributed by atoms with Gasteiger partial charge in [-0.05, 0) is 51.7 Å². The van der Waals surface area contributed by atoms with E-state index in [1.807, 2.05) is 0 Å². The van der Waals surface area contributed by atoms with Crippen molar-refractivity contribution in [2.45, 2.75) is 64.8 Å². The lowest BCUT2D eigenvalue weighted by Crippen LogP contribution is -2.45. The summed E-state index contributed by atoms with van der Waals surface area (Å²) in [5.41, 5.74) is 0. The van der Waals surface area contributed by atoms with Crippen LogP contribution in [0.15, 0.2) is 0 Å². The fourth-order valence-corrected chi connectivity index (χ4v) is 3.06. The molecule has 0 spiro atoms. The lowest BCUT2D eigenvalue weighted by atomic mass is 9.83. The molecular weight excluding hydrogens is 208 g/mol. The van der Waals surface area contributed by atoms with Gasteiger partial charge in [0.25, 0.3) is 0 Å². The number of rotatable bonds is 8. The summed E-state index contributed by atoms with van der Waals surface area (Å²) in [5, 5.41) is 3.79. The van der Waals surface area contributed by atoms with Crippen molar-refractivity contribution in [2.75, 3.05) is 26.7 Å². The van der Waals surface area contributed by atoms with Crippen molar-refractivity contribution in [3.05, 3.63) is 0 Å². The van der Waals surface area contributed by atoms with Crippen LogP contribution in [0.1, 0.15) is 58.8 Å². The Morgan fingerprint density at radius 1 is 1.12 bits per heavy atom. The Morgan fingerprint density at radius 2 is 1.82 bits per heavy atom. The Kier molecular flexibility index (Phi) is 7.87. The molecule has 1 atom stereocenters. The van der Waals surface area contributed by atoms with Gasteiger partial charge in [-0.2, -0.15) is 0 Å². The molecule has 0 aromatic carbocycles. The number of nitrogens with one attached hydrogen (secondary N) is 1. The summed E-state index contributed by atoms with van der Waals surface area (Å²) in [7, 11) is 2.27. The first kappa shape index (κ1) is 15.0. The van der Waals surface area contributed by atoms with Crippen LogP contribution < -0.4 is 5.32 Å². The van der Waals surface area contributed by atoms with Gasteiger partial charge in [0.2, 0.25) is 0 Å². The fraction of sp³-hybridized carbons (Fsp3) is 1.00. The van der Waals surface area contributed by atoms with Crippen molar-refractivity contribution in [3.63, 3.8) is 0 Å². The molecule has 0 aromatic heterocycles. The van der Waals surface area contributed by atoms with E-state index in [0.717, 1.165) is 12.0 Å². The third kappa shape index (κ3) is 5.87. The van der Waals surface area contributed by atoms with Crippen molar-refractivity contribution in [2.24, 2.45) is 5.92 Å². The molecule has 17 heavy (non-hydrogen) atoms. The van der Waals surface area contributed by atoms with E-state index in [2.05, 4.69) is 31.1 Å². The monoisotopic (exact) mass is 240 g/mol. The molecule has 1 aliphatic rings. The Labute approximate surface area is 108 Å². The highest BCUT2D eigenvalue weighted by Crippen LogP contribution is 2.26. The van der Waals surface area contributed by atoms with Crippen LogP contribution in [0.4, 0.5) is 0 Å². The quantitative estimate of drug-likeness (QED) is 0.700. The Bertz CT molecular complexity index is 176. The second kappa shape index (κ2) is 8.93. The van der Waals surface area contributed by atoms with E-state index in [1.165, 1.54) is 64.6 Å². The molecule has 0 heterocycles. The Hall–Kier alpha value is -0.0800. The smallest absolute Gasteiger partial charge is 0.0223 e. The van der Waals surface area contributed by atoms with E-state index in [0.29, 0.717) is 0 Å². The van der Waals surface area contributed by atoms with Crippen molar-refractivity contribution in [1.29, 1.82) is 0 Å². The number of likely N-dealkylation sites (N-methyl/N-ethyl adjacent to an activating group) is 1. The van der Waals surface area contributed by atoms with Crippen molar-refractivity contribution in [1.82, 2.24) is 10.2 Å². The van der Waals surface area contributed by atoms with Crippen LogP contribution in [-0.4, -0.2) is 37.6 Å². The van der Waals surface area contributed by atoms with Gasteiger partial charge in [-0.25, -0.2) is 0 Å². The molecule has 2 nitrogen and oxygen atoms in total. The van der Waals surface area contributed by atoms with Crippen LogP contribution in [0.5, 0.6) is 0 Å². The van der Waals surface area contributed by atoms with E-state index >= 15 is 0 Å². The Balaban J connectivity index is 2.40. The van der Waals surface area contributed by atoms with Crippen LogP contribution in [0.3, 0.4) is 0 Å². The zero-order valence-electron chi connectivity index (χ0n) is 12.2. The van der Waals surface area contributed by atoms with Crippen LogP contribution in [0, 0.1) is 5.92 Å². The molecule has 102 valence electrons. The lowest BCUT2D eigenvalue weighted by Gasteiger charge is -2.34. The molecule has 0 radical (unpaired) electrons. The zero-order chi connectivity index (χ0) is 12.5. The minimum Gasteiger partial charge on any atom is -0.312 e. The first-order chi connectivity index (χ1) is 8.27. The number of hydrogen-bond acceptors (Lipinski definition) is 2. The van der Waals surface area contributed by atoms with Crippen molar-refractivity contribution >= 4 is 0 Å². The van der Waals surface area contributed by atoms with Gasteiger partial charge >= 0.3 is 0 Å². The van der Waals surface area contributed by atoms with E-state index in [9.17, 15) is 0 Å². The van der Waals surface area contributed by atoms with E-state index < -0.39 is 0 Å². The zero-order valence-corrected chi connectivity index (χ0v) is 12.2. The summed E-state index contributed by atoms with van der Waals surface area (Å²) >= 11 is 0. The van der Waals surface area contributed by atoms with Crippen LogP contribution in [-0.2, 0) is 0 Å². The summed E-state index contributed by atoms with van der Waals surface area (Å²) in [4.78, 5) is 2.50. The molecule has 1 rings (SSSR count). The summed E-state index contributed by atoms with van der Waals surface area (Å²) in [5.74, 6) is 0.926. The molecule has 1 fully saturated rings. The molecule has 2 heteroatoms. The van der Waals surface area contributed by atoms with E-state index in [-0.39, 0.29) is 0 Å². The second-order valence-corrected chi connectivity index (χ2v) is 5.72. The SMILES string of the molecule is CCCNC(CN(C)CCC)C1CCCCC1. The second-order valence-electron chi connectivity index (χ2n) is 5.72. The van der Waals surface area contributed by atoms with Gasteiger partial charge in [-0.3, -0.25) is 0 Å². The summed E-state index contributed by atoms with van der Waals surface area (Å²) in [6.45, 7) is 8.18. The first-order valence-electron chi connectivity index (χ1n) is 7.69. The maximum absolute atomic E-state index is 3.79. The van der Waals surface area contributed by atoms with E-state index in [4.69, 9.17) is 0 Å². The molecule has 0 saturated heterocycles. The van der Waals surface area contributed by atoms with Gasteiger partial charge in [0.1, 0.15) is 0 Å². The molecule has 1 unspecified atom stereocenters. The molecule has 0 aromatic rings. The maximum atomic E-state index is 3.79. The fourth-order valence-electron chi connectivity index (χ4n) is 3.06. The predicted octanol–water partition coefficient (Wildman–Crippen LogP) is 3.28. The number of nitrogens with zero attached hydrogens (tertiary/aromatic N) is 1. The van der Waals surface area contributed by atoms with Gasteiger partial charge in [-0.1, -0.05) is 33.1 Å². The molecule has 0 aliphatic heterocycles. The van der Waals surface area contributed by atoms with Crippen molar-refractivity contribution < 1.29 is 0 Å². The largest absolute Gasteiger partial charge is 0.312 e. The van der Waals surface area contributed by atoms with Gasteiger partial charge in [-0.15, -0.1) is 0 Å². The van der Waals surface area contributed by atoms with Crippen LogP contribution >= 0.6 is 0 Å². The Morgan fingerprint density at radius 3 is 2.41 bits per heavy atom. The standard InChI is InChI=1S/C15H32N2/c1-4-11-16-15(13-17(3)12-5-2)14-9-7-6-8-10-14/h14-16H,4-13H2,1-3H3. The third-order valence-electron chi connectivity index (χ3n) is 3.99. The summed E-state index contributed by atoms with van der Waals surface area (Å²) in [6.07, 6.45) is 9.77. The van der Waals surface area contributed by atoms with Crippen LogP contribution in [0.25, 0.3) is 0 Å². The highest BCUT2D eigenvalue weighted by molar-refractivity contribution is 4.81.